The minimum Gasteiger partial charge on any atom is -0.450 e. The van der Waals surface area contributed by atoms with E-state index in [4.69, 9.17) is 9.15 Å². The number of rotatable bonds is 10. The lowest BCUT2D eigenvalue weighted by atomic mass is 10.1. The zero-order chi connectivity index (χ0) is 24.7. The van der Waals surface area contributed by atoms with Crippen LogP contribution in [0.15, 0.2) is 51.7 Å². The van der Waals surface area contributed by atoms with Crippen LogP contribution in [0.3, 0.4) is 0 Å². The number of hydrogen-bond acceptors (Lipinski definition) is 6. The van der Waals surface area contributed by atoms with Gasteiger partial charge in [-0.05, 0) is 83.2 Å². The summed E-state index contributed by atoms with van der Waals surface area (Å²) < 4.78 is 11.8. The average molecular weight is 469 g/mol. The van der Waals surface area contributed by atoms with Gasteiger partial charge in [-0.15, -0.1) is 0 Å². The predicted molar refractivity (Wildman–Crippen MR) is 131 cm³/mol. The first-order valence-corrected chi connectivity index (χ1v) is 11.4. The molecule has 1 unspecified atom stereocenters. The van der Waals surface area contributed by atoms with Crippen molar-refractivity contribution in [3.8, 4) is 0 Å². The van der Waals surface area contributed by atoms with Gasteiger partial charge in [0.15, 0.2) is 5.58 Å². The first kappa shape index (κ1) is 25.0. The molecule has 9 heteroatoms. The summed E-state index contributed by atoms with van der Waals surface area (Å²) in [6.45, 7) is 5.41. The molecule has 0 spiro atoms. The topological polar surface area (TPSA) is 106 Å². The van der Waals surface area contributed by atoms with E-state index in [9.17, 15) is 14.4 Å². The quantitative estimate of drug-likeness (QED) is 0.438. The minimum atomic E-state index is -0.546. The van der Waals surface area contributed by atoms with Crippen LogP contribution in [-0.2, 0) is 4.74 Å². The SMILES string of the molecule is CCOC(=O)Nc1cccc(C(C)n2c(=O)oc3ccc(C(=O)NCCCCN(C)C)cc32)c1. The van der Waals surface area contributed by atoms with Gasteiger partial charge in [0.1, 0.15) is 0 Å². The fourth-order valence-electron chi connectivity index (χ4n) is 3.71. The summed E-state index contributed by atoms with van der Waals surface area (Å²) in [6, 6.07) is 11.7. The number of oxazole rings is 1. The van der Waals surface area contributed by atoms with Crippen molar-refractivity contribution in [2.24, 2.45) is 0 Å². The molecule has 1 atom stereocenters. The van der Waals surface area contributed by atoms with Gasteiger partial charge >= 0.3 is 11.8 Å². The summed E-state index contributed by atoms with van der Waals surface area (Å²) >= 11 is 0. The van der Waals surface area contributed by atoms with Crippen LogP contribution in [0.25, 0.3) is 11.1 Å². The van der Waals surface area contributed by atoms with Crippen LogP contribution in [0.5, 0.6) is 0 Å². The summed E-state index contributed by atoms with van der Waals surface area (Å²) in [5, 5.41) is 5.60. The van der Waals surface area contributed by atoms with E-state index in [0.717, 1.165) is 24.9 Å². The van der Waals surface area contributed by atoms with Crippen molar-refractivity contribution in [1.29, 1.82) is 0 Å². The monoisotopic (exact) mass is 468 g/mol. The molecule has 2 N–H and O–H groups in total. The van der Waals surface area contributed by atoms with Crippen LogP contribution in [0.1, 0.15) is 48.7 Å². The Bertz CT molecular complexity index is 1200. The standard InChI is InChI=1S/C25H32N4O5/c1-5-33-24(31)27-20-10-8-9-18(15-20)17(2)29-21-16-19(11-12-22(21)34-25(29)32)23(30)26-13-6-7-14-28(3)4/h8-12,15-17H,5-7,13-14H2,1-4H3,(H,26,30)(H,27,31). The van der Waals surface area contributed by atoms with E-state index in [0.29, 0.717) is 28.9 Å². The molecule has 2 aromatic carbocycles. The van der Waals surface area contributed by atoms with Crippen LogP contribution in [-0.4, -0.2) is 55.3 Å². The number of nitrogens with zero attached hydrogens (tertiary/aromatic N) is 2. The molecule has 0 bridgehead atoms. The van der Waals surface area contributed by atoms with Crippen LogP contribution < -0.4 is 16.4 Å². The molecule has 3 aromatic rings. The number of carbonyl (C=O) groups is 2. The Labute approximate surface area is 198 Å². The van der Waals surface area contributed by atoms with Crippen molar-refractivity contribution in [2.75, 3.05) is 39.1 Å². The molecular formula is C25H32N4O5. The van der Waals surface area contributed by atoms with E-state index in [2.05, 4.69) is 15.5 Å². The molecule has 2 amide bonds. The molecule has 0 aliphatic carbocycles. The lowest BCUT2D eigenvalue weighted by molar-refractivity contribution is 0.0952. The Morgan fingerprint density at radius 1 is 1.15 bits per heavy atom. The number of ether oxygens (including phenoxy) is 1. The molecule has 182 valence electrons. The second-order valence-corrected chi connectivity index (χ2v) is 8.33. The van der Waals surface area contributed by atoms with Crippen molar-refractivity contribution >= 4 is 28.8 Å². The normalized spacial score (nSPS) is 12.0. The number of hydrogen-bond donors (Lipinski definition) is 2. The smallest absolute Gasteiger partial charge is 0.420 e. The van der Waals surface area contributed by atoms with Crippen molar-refractivity contribution < 1.29 is 18.7 Å². The maximum atomic E-state index is 12.7. The Hall–Kier alpha value is -3.59. The molecule has 0 saturated heterocycles. The molecular weight excluding hydrogens is 436 g/mol. The zero-order valence-corrected chi connectivity index (χ0v) is 20.1. The molecule has 0 radical (unpaired) electrons. The van der Waals surface area contributed by atoms with E-state index < -0.39 is 17.9 Å². The number of aromatic nitrogens is 1. The van der Waals surface area contributed by atoms with E-state index in [1.54, 1.807) is 43.3 Å². The number of nitrogens with one attached hydrogen (secondary N) is 2. The number of amides is 2. The summed E-state index contributed by atoms with van der Waals surface area (Å²) in [7, 11) is 4.04. The second kappa shape index (κ2) is 11.5. The lowest BCUT2D eigenvalue weighted by Crippen LogP contribution is -2.25. The number of fused-ring (bicyclic) bond motifs is 1. The number of carbonyl (C=O) groups excluding carboxylic acids is 2. The highest BCUT2D eigenvalue weighted by atomic mass is 16.5. The van der Waals surface area contributed by atoms with E-state index >= 15 is 0 Å². The van der Waals surface area contributed by atoms with Crippen LogP contribution in [0, 0.1) is 0 Å². The Morgan fingerprint density at radius 2 is 1.94 bits per heavy atom. The predicted octanol–water partition coefficient (Wildman–Crippen LogP) is 3.84. The number of anilines is 1. The third-order valence-electron chi connectivity index (χ3n) is 5.47. The summed E-state index contributed by atoms with van der Waals surface area (Å²) in [4.78, 5) is 39.2. The Kier molecular flexibility index (Phi) is 8.48. The van der Waals surface area contributed by atoms with Gasteiger partial charge in [0.2, 0.25) is 0 Å². The highest BCUT2D eigenvalue weighted by Crippen LogP contribution is 2.25. The number of benzene rings is 2. The summed E-state index contributed by atoms with van der Waals surface area (Å²) in [5.74, 6) is -0.715. The number of unbranched alkanes of at least 4 members (excludes halogenated alkanes) is 1. The first-order chi connectivity index (χ1) is 16.3. The van der Waals surface area contributed by atoms with Crippen molar-refractivity contribution in [1.82, 2.24) is 14.8 Å². The third-order valence-corrected chi connectivity index (χ3v) is 5.47. The molecule has 1 aromatic heterocycles. The largest absolute Gasteiger partial charge is 0.450 e. The first-order valence-electron chi connectivity index (χ1n) is 11.4. The van der Waals surface area contributed by atoms with E-state index in [1.807, 2.05) is 27.1 Å². The highest BCUT2D eigenvalue weighted by molar-refractivity contribution is 5.97. The molecule has 34 heavy (non-hydrogen) atoms. The molecule has 0 aliphatic rings. The summed E-state index contributed by atoms with van der Waals surface area (Å²) in [5.41, 5.74) is 2.73. The fourth-order valence-corrected chi connectivity index (χ4v) is 3.71. The van der Waals surface area contributed by atoms with Crippen LogP contribution >= 0.6 is 0 Å². The van der Waals surface area contributed by atoms with Gasteiger partial charge in [0.25, 0.3) is 5.91 Å². The highest BCUT2D eigenvalue weighted by Gasteiger charge is 2.19. The third kappa shape index (κ3) is 6.26. The molecule has 0 aliphatic heterocycles. The zero-order valence-electron chi connectivity index (χ0n) is 20.1. The van der Waals surface area contributed by atoms with Gasteiger partial charge in [-0.25, -0.2) is 9.59 Å². The van der Waals surface area contributed by atoms with Gasteiger partial charge in [0.05, 0.1) is 18.2 Å². The molecule has 3 rings (SSSR count). The van der Waals surface area contributed by atoms with Gasteiger partial charge in [0, 0.05) is 17.8 Å². The van der Waals surface area contributed by atoms with Gasteiger partial charge in [-0.1, -0.05) is 12.1 Å². The van der Waals surface area contributed by atoms with E-state index in [-0.39, 0.29) is 12.5 Å². The minimum absolute atomic E-state index is 0.194. The molecule has 9 nitrogen and oxygen atoms in total. The Balaban J connectivity index is 1.80. The van der Waals surface area contributed by atoms with Crippen molar-refractivity contribution in [3.05, 3.63) is 64.1 Å². The maximum Gasteiger partial charge on any atom is 0.420 e. The van der Waals surface area contributed by atoms with Crippen LogP contribution in [0.2, 0.25) is 0 Å². The second-order valence-electron chi connectivity index (χ2n) is 8.33. The van der Waals surface area contributed by atoms with Crippen LogP contribution in [0.4, 0.5) is 10.5 Å². The van der Waals surface area contributed by atoms with Crippen molar-refractivity contribution in [2.45, 2.75) is 32.7 Å². The van der Waals surface area contributed by atoms with Crippen molar-refractivity contribution in [3.63, 3.8) is 0 Å². The summed E-state index contributed by atoms with van der Waals surface area (Å²) in [6.07, 6.45) is 1.33. The molecule has 0 saturated carbocycles. The van der Waals surface area contributed by atoms with E-state index in [1.165, 1.54) is 4.57 Å². The van der Waals surface area contributed by atoms with Gasteiger partial charge in [-0.3, -0.25) is 14.7 Å². The average Bonchev–Trinajstić information content (AvgIpc) is 3.13. The fraction of sp³-hybridized carbons (Fsp3) is 0.400. The van der Waals surface area contributed by atoms with Gasteiger partial charge < -0.3 is 19.4 Å². The molecule has 0 fully saturated rings. The Morgan fingerprint density at radius 3 is 2.68 bits per heavy atom. The molecule has 1 heterocycles. The van der Waals surface area contributed by atoms with Gasteiger partial charge in [-0.2, -0.15) is 0 Å². The maximum absolute atomic E-state index is 12.7. The lowest BCUT2D eigenvalue weighted by Gasteiger charge is -2.15.